The van der Waals surface area contributed by atoms with Crippen molar-refractivity contribution in [2.45, 2.75) is 57.8 Å². The molecule has 2 rings (SSSR count). The van der Waals surface area contributed by atoms with Crippen LogP contribution in [0.3, 0.4) is 0 Å². The van der Waals surface area contributed by atoms with Gasteiger partial charge in [0.05, 0.1) is 0 Å². The van der Waals surface area contributed by atoms with Crippen LogP contribution in [0.25, 0.3) is 0 Å². The first kappa shape index (κ1) is 13.9. The summed E-state index contributed by atoms with van der Waals surface area (Å²) in [4.78, 5) is 12.0. The molecule has 0 saturated heterocycles. The first-order chi connectivity index (χ1) is 8.79. The molecule has 0 radical (unpaired) electrons. The first-order valence-electron chi connectivity index (χ1n) is 7.77. The second-order valence-corrected chi connectivity index (χ2v) is 6.17. The van der Waals surface area contributed by atoms with Crippen LogP contribution in [-0.2, 0) is 4.79 Å². The van der Waals surface area contributed by atoms with Gasteiger partial charge in [-0.2, -0.15) is 0 Å². The lowest BCUT2D eigenvalue weighted by molar-refractivity contribution is -0.126. The van der Waals surface area contributed by atoms with Crippen LogP contribution in [0.1, 0.15) is 57.8 Å². The Morgan fingerprint density at radius 3 is 2.22 bits per heavy atom. The van der Waals surface area contributed by atoms with Crippen molar-refractivity contribution in [3.05, 3.63) is 0 Å². The van der Waals surface area contributed by atoms with Crippen LogP contribution in [-0.4, -0.2) is 19.0 Å². The van der Waals surface area contributed by atoms with E-state index in [1.807, 2.05) is 0 Å². The summed E-state index contributed by atoms with van der Waals surface area (Å²) in [6.45, 7) is 1.69. The molecule has 0 aliphatic heterocycles. The van der Waals surface area contributed by atoms with Crippen LogP contribution in [0, 0.1) is 17.8 Å². The van der Waals surface area contributed by atoms with Crippen LogP contribution >= 0.6 is 0 Å². The smallest absolute Gasteiger partial charge is 0.223 e. The van der Waals surface area contributed by atoms with Gasteiger partial charge >= 0.3 is 0 Å². The number of hydrogen-bond donors (Lipinski definition) is 2. The lowest BCUT2D eigenvalue weighted by Crippen LogP contribution is -2.35. The predicted octanol–water partition coefficient (Wildman–Crippen LogP) is 2.45. The second kappa shape index (κ2) is 7.13. The number of rotatable bonds is 6. The maximum absolute atomic E-state index is 12.0. The van der Waals surface area contributed by atoms with Gasteiger partial charge in [0.15, 0.2) is 0 Å². The Balaban J connectivity index is 1.58. The molecule has 2 saturated carbocycles. The minimum atomic E-state index is 0.278. The van der Waals surface area contributed by atoms with Crippen LogP contribution in [0.2, 0.25) is 0 Å². The monoisotopic (exact) mass is 252 g/mol. The van der Waals surface area contributed by atoms with E-state index in [4.69, 9.17) is 5.73 Å². The Bertz CT molecular complexity index is 255. The molecule has 0 aromatic rings. The van der Waals surface area contributed by atoms with E-state index in [9.17, 15) is 4.79 Å². The molecule has 1 amide bonds. The fourth-order valence-corrected chi connectivity index (χ4v) is 3.27. The topological polar surface area (TPSA) is 55.1 Å². The molecule has 2 fully saturated rings. The van der Waals surface area contributed by atoms with E-state index in [2.05, 4.69) is 5.32 Å². The third-order valence-electron chi connectivity index (χ3n) is 4.87. The minimum absolute atomic E-state index is 0.278. The number of carbonyl (C=O) groups is 1. The van der Waals surface area contributed by atoms with Gasteiger partial charge in [0.25, 0.3) is 0 Å². The fraction of sp³-hybridized carbons (Fsp3) is 0.933. The molecule has 0 heterocycles. The summed E-state index contributed by atoms with van der Waals surface area (Å²) < 4.78 is 0. The van der Waals surface area contributed by atoms with E-state index < -0.39 is 0 Å². The van der Waals surface area contributed by atoms with E-state index in [1.54, 1.807) is 0 Å². The Morgan fingerprint density at radius 1 is 1.00 bits per heavy atom. The molecular weight excluding hydrogens is 224 g/mol. The zero-order valence-corrected chi connectivity index (χ0v) is 11.5. The van der Waals surface area contributed by atoms with Crippen LogP contribution in [0.5, 0.6) is 0 Å². The summed E-state index contributed by atoms with van der Waals surface area (Å²) in [6.07, 6.45) is 11.0. The number of carbonyl (C=O) groups excluding carboxylic acids is 1. The van der Waals surface area contributed by atoms with Crippen LogP contribution in [0.4, 0.5) is 0 Å². The molecule has 104 valence electrons. The molecule has 3 nitrogen and oxygen atoms in total. The highest BCUT2D eigenvalue weighted by atomic mass is 16.1. The normalized spacial score (nSPS) is 28.7. The van der Waals surface area contributed by atoms with Gasteiger partial charge < -0.3 is 11.1 Å². The van der Waals surface area contributed by atoms with E-state index in [0.717, 1.165) is 44.2 Å². The van der Waals surface area contributed by atoms with Gasteiger partial charge in [0.1, 0.15) is 0 Å². The van der Waals surface area contributed by atoms with Crippen molar-refractivity contribution in [2.24, 2.45) is 23.5 Å². The van der Waals surface area contributed by atoms with Gasteiger partial charge in [0, 0.05) is 12.5 Å². The van der Waals surface area contributed by atoms with Crippen molar-refractivity contribution < 1.29 is 4.79 Å². The summed E-state index contributed by atoms with van der Waals surface area (Å²) in [5.41, 5.74) is 5.59. The lowest BCUT2D eigenvalue weighted by Gasteiger charge is -2.28. The first-order valence-corrected chi connectivity index (χ1v) is 7.77. The average Bonchev–Trinajstić information content (AvgIpc) is 2.33. The predicted molar refractivity (Wildman–Crippen MR) is 74.1 cm³/mol. The minimum Gasteiger partial charge on any atom is -0.356 e. The third-order valence-corrected chi connectivity index (χ3v) is 4.87. The molecule has 0 atom stereocenters. The molecule has 0 spiro atoms. The SMILES string of the molecule is NCCC1CCC(C(=O)NCCC2CCC2)CC1. The highest BCUT2D eigenvalue weighted by molar-refractivity contribution is 5.78. The number of nitrogens with one attached hydrogen (secondary N) is 1. The van der Waals surface area contributed by atoms with E-state index in [-0.39, 0.29) is 5.92 Å². The third kappa shape index (κ3) is 3.98. The Morgan fingerprint density at radius 2 is 1.67 bits per heavy atom. The largest absolute Gasteiger partial charge is 0.356 e. The number of amides is 1. The number of hydrogen-bond acceptors (Lipinski definition) is 2. The van der Waals surface area contributed by atoms with Crippen molar-refractivity contribution in [1.29, 1.82) is 0 Å². The summed E-state index contributed by atoms with van der Waals surface area (Å²) >= 11 is 0. The Labute approximate surface area is 111 Å². The molecule has 3 heteroatoms. The molecule has 2 aliphatic rings. The Kier molecular flexibility index (Phi) is 5.48. The van der Waals surface area contributed by atoms with E-state index >= 15 is 0 Å². The average molecular weight is 252 g/mol. The second-order valence-electron chi connectivity index (χ2n) is 6.17. The molecule has 18 heavy (non-hydrogen) atoms. The van der Waals surface area contributed by atoms with E-state index in [1.165, 1.54) is 38.5 Å². The van der Waals surface area contributed by atoms with Gasteiger partial charge in [-0.15, -0.1) is 0 Å². The number of nitrogens with two attached hydrogens (primary N) is 1. The van der Waals surface area contributed by atoms with Crippen molar-refractivity contribution in [3.63, 3.8) is 0 Å². The van der Waals surface area contributed by atoms with Crippen molar-refractivity contribution >= 4 is 5.91 Å². The molecule has 2 aliphatic carbocycles. The standard InChI is InChI=1S/C15H28N2O/c16-10-8-13-4-6-14(7-5-13)15(18)17-11-9-12-2-1-3-12/h12-14H,1-11,16H2,(H,17,18). The van der Waals surface area contributed by atoms with Gasteiger partial charge in [-0.3, -0.25) is 4.79 Å². The molecule has 0 bridgehead atoms. The molecule has 0 aromatic carbocycles. The maximum Gasteiger partial charge on any atom is 0.223 e. The highest BCUT2D eigenvalue weighted by Crippen LogP contribution is 2.31. The molecule has 0 aromatic heterocycles. The highest BCUT2D eigenvalue weighted by Gasteiger charge is 2.26. The zero-order chi connectivity index (χ0) is 12.8. The summed E-state index contributed by atoms with van der Waals surface area (Å²) in [7, 11) is 0. The molecule has 0 unspecified atom stereocenters. The van der Waals surface area contributed by atoms with Gasteiger partial charge in [-0.25, -0.2) is 0 Å². The maximum atomic E-state index is 12.0. The zero-order valence-electron chi connectivity index (χ0n) is 11.5. The van der Waals surface area contributed by atoms with E-state index in [0.29, 0.717) is 5.91 Å². The van der Waals surface area contributed by atoms with Crippen molar-refractivity contribution in [2.75, 3.05) is 13.1 Å². The summed E-state index contributed by atoms with van der Waals surface area (Å²) in [6, 6.07) is 0. The Hall–Kier alpha value is -0.570. The van der Waals surface area contributed by atoms with Crippen LogP contribution in [0.15, 0.2) is 0 Å². The van der Waals surface area contributed by atoms with Crippen molar-refractivity contribution in [1.82, 2.24) is 5.32 Å². The fourth-order valence-electron chi connectivity index (χ4n) is 3.27. The molecule has 3 N–H and O–H groups in total. The van der Waals surface area contributed by atoms with Crippen molar-refractivity contribution in [3.8, 4) is 0 Å². The lowest BCUT2D eigenvalue weighted by atomic mass is 9.80. The summed E-state index contributed by atoms with van der Waals surface area (Å²) in [5.74, 6) is 2.25. The summed E-state index contributed by atoms with van der Waals surface area (Å²) in [5, 5.41) is 3.13. The quantitative estimate of drug-likeness (QED) is 0.763. The molecular formula is C15H28N2O. The van der Waals surface area contributed by atoms with Gasteiger partial charge in [-0.05, 0) is 56.9 Å². The van der Waals surface area contributed by atoms with Gasteiger partial charge in [0.2, 0.25) is 5.91 Å². The van der Waals surface area contributed by atoms with Gasteiger partial charge in [-0.1, -0.05) is 19.3 Å². The van der Waals surface area contributed by atoms with Crippen LogP contribution < -0.4 is 11.1 Å².